The largest absolute Gasteiger partial charge is 0.334 e. The Morgan fingerprint density at radius 1 is 1.26 bits per heavy atom. The monoisotopic (exact) mass is 271 g/mol. The van der Waals surface area contributed by atoms with E-state index < -0.39 is 5.82 Å². The topological polar surface area (TPSA) is 62.7 Å². The molecule has 0 atom stereocenters. The van der Waals surface area contributed by atoms with E-state index in [1.54, 1.807) is 12.1 Å². The summed E-state index contributed by atoms with van der Waals surface area (Å²) in [5.74, 6) is -0.0338. The Morgan fingerprint density at radius 2 is 2.16 bits per heavy atom. The number of halogens is 1. The number of hydrogen-bond donors (Lipinski definition) is 0. The van der Waals surface area contributed by atoms with Gasteiger partial charge in [0.05, 0.1) is 10.4 Å². The molecule has 0 N–H and O–H groups in total. The second-order valence-electron chi connectivity index (χ2n) is 3.67. The molecule has 2 heterocycles. The standard InChI is InChI=1S/C13H6FN3OS/c14-10-4-1-3-8(9(10)7-15)13-16-12(17-18-13)11-5-2-6-19-11/h1-6H. The number of nitrogens with zero attached hydrogens (tertiary/aromatic N) is 3. The minimum atomic E-state index is -0.601. The van der Waals surface area contributed by atoms with E-state index in [0.29, 0.717) is 11.4 Å². The molecule has 1 aromatic carbocycles. The maximum atomic E-state index is 13.5. The Labute approximate surface area is 111 Å². The van der Waals surface area contributed by atoms with E-state index in [-0.39, 0.29) is 11.5 Å². The average molecular weight is 271 g/mol. The van der Waals surface area contributed by atoms with Crippen LogP contribution in [0.25, 0.3) is 22.2 Å². The van der Waals surface area contributed by atoms with Crippen molar-refractivity contribution >= 4 is 11.3 Å². The lowest BCUT2D eigenvalue weighted by atomic mass is 10.1. The molecule has 4 nitrogen and oxygen atoms in total. The van der Waals surface area contributed by atoms with Crippen LogP contribution in [0.2, 0.25) is 0 Å². The number of nitriles is 1. The van der Waals surface area contributed by atoms with Gasteiger partial charge in [0.25, 0.3) is 5.89 Å². The first-order valence-electron chi connectivity index (χ1n) is 5.36. The third-order valence-electron chi connectivity index (χ3n) is 2.52. The molecule has 0 aliphatic heterocycles. The molecule has 6 heteroatoms. The van der Waals surface area contributed by atoms with Gasteiger partial charge in [-0.15, -0.1) is 11.3 Å². The number of aromatic nitrogens is 2. The van der Waals surface area contributed by atoms with Crippen LogP contribution in [-0.4, -0.2) is 10.1 Å². The van der Waals surface area contributed by atoms with Crippen molar-refractivity contribution in [2.45, 2.75) is 0 Å². The molecule has 3 aromatic rings. The molecule has 0 spiro atoms. The summed E-state index contributed by atoms with van der Waals surface area (Å²) in [6.45, 7) is 0. The molecule has 2 aromatic heterocycles. The molecule has 0 aliphatic rings. The van der Waals surface area contributed by atoms with E-state index in [2.05, 4.69) is 10.1 Å². The first kappa shape index (κ1) is 11.6. The van der Waals surface area contributed by atoms with Crippen LogP contribution in [0.15, 0.2) is 40.2 Å². The molecule has 92 valence electrons. The molecule has 0 saturated heterocycles. The van der Waals surface area contributed by atoms with Crippen LogP contribution in [0, 0.1) is 17.1 Å². The number of hydrogen-bond acceptors (Lipinski definition) is 5. The molecule has 0 unspecified atom stereocenters. The lowest BCUT2D eigenvalue weighted by Crippen LogP contribution is -1.89. The zero-order chi connectivity index (χ0) is 13.2. The fourth-order valence-corrected chi connectivity index (χ4v) is 2.30. The van der Waals surface area contributed by atoms with Gasteiger partial charge in [-0.3, -0.25) is 0 Å². The van der Waals surface area contributed by atoms with E-state index in [1.807, 2.05) is 17.5 Å². The van der Waals surface area contributed by atoms with Gasteiger partial charge in [-0.2, -0.15) is 10.2 Å². The zero-order valence-corrected chi connectivity index (χ0v) is 10.3. The summed E-state index contributed by atoms with van der Waals surface area (Å²) in [6, 6.07) is 9.84. The van der Waals surface area contributed by atoms with Crippen LogP contribution < -0.4 is 0 Å². The molecule has 0 radical (unpaired) electrons. The second kappa shape index (κ2) is 4.63. The highest BCUT2D eigenvalue weighted by Gasteiger charge is 2.16. The van der Waals surface area contributed by atoms with Gasteiger partial charge in [-0.05, 0) is 23.6 Å². The van der Waals surface area contributed by atoms with Gasteiger partial charge in [0.15, 0.2) is 0 Å². The van der Waals surface area contributed by atoms with Crippen molar-refractivity contribution < 1.29 is 8.91 Å². The summed E-state index contributed by atoms with van der Waals surface area (Å²) in [6.07, 6.45) is 0. The lowest BCUT2D eigenvalue weighted by molar-refractivity contribution is 0.432. The summed E-state index contributed by atoms with van der Waals surface area (Å²) in [4.78, 5) is 5.04. The summed E-state index contributed by atoms with van der Waals surface area (Å²) in [5.41, 5.74) is 0.210. The maximum Gasteiger partial charge on any atom is 0.259 e. The Morgan fingerprint density at radius 3 is 2.89 bits per heavy atom. The molecule has 0 saturated carbocycles. The van der Waals surface area contributed by atoms with Crippen molar-refractivity contribution in [3.05, 3.63) is 47.1 Å². The minimum absolute atomic E-state index is 0.0936. The molecular weight excluding hydrogens is 265 g/mol. The van der Waals surface area contributed by atoms with Crippen molar-refractivity contribution in [3.8, 4) is 28.2 Å². The van der Waals surface area contributed by atoms with Gasteiger partial charge in [0.2, 0.25) is 5.82 Å². The van der Waals surface area contributed by atoms with Crippen LogP contribution in [0.4, 0.5) is 4.39 Å². The van der Waals surface area contributed by atoms with E-state index in [0.717, 1.165) is 4.88 Å². The Balaban J connectivity index is 2.10. The van der Waals surface area contributed by atoms with Gasteiger partial charge in [-0.1, -0.05) is 17.3 Å². The van der Waals surface area contributed by atoms with Crippen molar-refractivity contribution in [2.24, 2.45) is 0 Å². The number of benzene rings is 1. The fraction of sp³-hybridized carbons (Fsp3) is 0. The summed E-state index contributed by atoms with van der Waals surface area (Å²) < 4.78 is 18.6. The summed E-state index contributed by atoms with van der Waals surface area (Å²) in [7, 11) is 0. The molecule has 0 fully saturated rings. The fourth-order valence-electron chi connectivity index (χ4n) is 1.65. The number of thiophene rings is 1. The molecule has 0 bridgehead atoms. The maximum absolute atomic E-state index is 13.5. The van der Waals surface area contributed by atoms with Crippen LogP contribution in [0.3, 0.4) is 0 Å². The smallest absolute Gasteiger partial charge is 0.259 e. The highest BCUT2D eigenvalue weighted by Crippen LogP contribution is 2.27. The quantitative estimate of drug-likeness (QED) is 0.715. The molecule has 0 amide bonds. The van der Waals surface area contributed by atoms with Crippen LogP contribution in [0.5, 0.6) is 0 Å². The molecule has 3 rings (SSSR count). The molecule has 0 aliphatic carbocycles. The third-order valence-corrected chi connectivity index (χ3v) is 3.39. The van der Waals surface area contributed by atoms with Gasteiger partial charge in [-0.25, -0.2) is 4.39 Å². The van der Waals surface area contributed by atoms with Gasteiger partial charge in [0, 0.05) is 0 Å². The summed E-state index contributed by atoms with van der Waals surface area (Å²) >= 11 is 1.47. The van der Waals surface area contributed by atoms with E-state index in [1.165, 1.54) is 23.5 Å². The predicted molar refractivity (Wildman–Crippen MR) is 67.7 cm³/mol. The molecule has 19 heavy (non-hydrogen) atoms. The van der Waals surface area contributed by atoms with Crippen molar-refractivity contribution in [1.82, 2.24) is 10.1 Å². The Hall–Kier alpha value is -2.52. The minimum Gasteiger partial charge on any atom is -0.334 e. The van der Waals surface area contributed by atoms with E-state index in [4.69, 9.17) is 9.78 Å². The highest BCUT2D eigenvalue weighted by molar-refractivity contribution is 7.13. The predicted octanol–water partition coefficient (Wildman–Crippen LogP) is 3.48. The normalized spacial score (nSPS) is 10.3. The summed E-state index contributed by atoms with van der Waals surface area (Å²) in [5, 5.41) is 14.7. The average Bonchev–Trinajstić information content (AvgIpc) is 3.09. The Kier molecular flexibility index (Phi) is 2.82. The van der Waals surface area contributed by atoms with Crippen LogP contribution in [0.1, 0.15) is 5.56 Å². The van der Waals surface area contributed by atoms with E-state index >= 15 is 0 Å². The van der Waals surface area contributed by atoms with Gasteiger partial charge in [0.1, 0.15) is 17.4 Å². The number of rotatable bonds is 2. The van der Waals surface area contributed by atoms with Crippen molar-refractivity contribution in [1.29, 1.82) is 5.26 Å². The first-order valence-corrected chi connectivity index (χ1v) is 6.24. The lowest BCUT2D eigenvalue weighted by Gasteiger charge is -1.98. The van der Waals surface area contributed by atoms with E-state index in [9.17, 15) is 4.39 Å². The highest BCUT2D eigenvalue weighted by atomic mass is 32.1. The van der Waals surface area contributed by atoms with Crippen molar-refractivity contribution in [3.63, 3.8) is 0 Å². The van der Waals surface area contributed by atoms with Crippen LogP contribution >= 0.6 is 11.3 Å². The SMILES string of the molecule is N#Cc1c(F)cccc1-c1nc(-c2cccs2)no1. The van der Waals surface area contributed by atoms with Gasteiger partial charge >= 0.3 is 0 Å². The Bertz CT molecular complexity index is 759. The first-order chi connectivity index (χ1) is 9.29. The zero-order valence-electron chi connectivity index (χ0n) is 9.50. The van der Waals surface area contributed by atoms with Crippen LogP contribution in [-0.2, 0) is 0 Å². The van der Waals surface area contributed by atoms with Crippen molar-refractivity contribution in [2.75, 3.05) is 0 Å². The van der Waals surface area contributed by atoms with Gasteiger partial charge < -0.3 is 4.52 Å². The molecular formula is C13H6FN3OS. The second-order valence-corrected chi connectivity index (χ2v) is 4.62. The third kappa shape index (κ3) is 2.00.